The van der Waals surface area contributed by atoms with Crippen LogP contribution in [-0.2, 0) is 0 Å². The van der Waals surface area contributed by atoms with Crippen molar-refractivity contribution in [2.75, 3.05) is 7.11 Å². The molecule has 0 aliphatic carbocycles. The molecule has 0 aliphatic heterocycles. The van der Waals surface area contributed by atoms with Gasteiger partial charge in [0.05, 0.1) is 12.7 Å². The highest BCUT2D eigenvalue weighted by atomic mass is 32.1. The molecule has 0 amide bonds. The molecule has 0 saturated heterocycles. The smallest absolute Gasteiger partial charge is 0.151 e. The van der Waals surface area contributed by atoms with Gasteiger partial charge in [-0.1, -0.05) is 11.3 Å². The van der Waals surface area contributed by atoms with Crippen LogP contribution in [0.25, 0.3) is 32.0 Å². The number of hydrogen-bond donors (Lipinski definition) is 2. The maximum atomic E-state index is 10.1. The third-order valence-electron chi connectivity index (χ3n) is 3.66. The summed E-state index contributed by atoms with van der Waals surface area (Å²) in [6.07, 6.45) is 1.91. The summed E-state index contributed by atoms with van der Waals surface area (Å²) < 4.78 is 5.20. The maximum Gasteiger partial charge on any atom is 0.151 e. The predicted molar refractivity (Wildman–Crippen MR) is 90.9 cm³/mol. The van der Waals surface area contributed by atoms with Crippen molar-refractivity contribution in [2.24, 2.45) is 0 Å². The van der Waals surface area contributed by atoms with Crippen LogP contribution in [0.5, 0.6) is 11.5 Å². The van der Waals surface area contributed by atoms with Crippen LogP contribution in [0.3, 0.4) is 0 Å². The highest BCUT2D eigenvalue weighted by molar-refractivity contribution is 7.18. The highest BCUT2D eigenvalue weighted by Gasteiger charge is 2.13. The van der Waals surface area contributed by atoms with Crippen molar-refractivity contribution in [3.05, 3.63) is 48.7 Å². The van der Waals surface area contributed by atoms with E-state index in [4.69, 9.17) is 4.74 Å². The first-order valence-electron chi connectivity index (χ1n) is 7.03. The first-order valence-corrected chi connectivity index (χ1v) is 7.84. The number of hydrogen-bond acceptors (Lipinski definition) is 5. The number of fused-ring (bicyclic) bond motifs is 1. The molecule has 0 saturated carbocycles. The van der Waals surface area contributed by atoms with Crippen LogP contribution < -0.4 is 4.74 Å². The molecular weight excluding hydrogens is 310 g/mol. The second-order valence-corrected chi connectivity index (χ2v) is 6.05. The fourth-order valence-electron chi connectivity index (χ4n) is 2.45. The zero-order valence-electron chi connectivity index (χ0n) is 12.3. The van der Waals surface area contributed by atoms with E-state index >= 15 is 0 Å². The number of nitrogens with zero attached hydrogens (tertiary/aromatic N) is 2. The molecule has 2 aromatic carbocycles. The Morgan fingerprint density at radius 3 is 2.78 bits per heavy atom. The zero-order valence-corrected chi connectivity index (χ0v) is 13.1. The quantitative estimate of drug-likeness (QED) is 0.596. The average Bonchev–Trinajstić information content (AvgIpc) is 3.23. The number of H-pyrrole nitrogens is 1. The lowest BCUT2D eigenvalue weighted by molar-refractivity contribution is 0.412. The number of phenols is 1. The van der Waals surface area contributed by atoms with Gasteiger partial charge in [0.2, 0.25) is 0 Å². The Kier molecular flexibility index (Phi) is 3.24. The molecule has 6 heteroatoms. The molecule has 0 bridgehead atoms. The van der Waals surface area contributed by atoms with Gasteiger partial charge >= 0.3 is 0 Å². The van der Waals surface area contributed by atoms with Crippen molar-refractivity contribution in [1.29, 1.82) is 0 Å². The average molecular weight is 323 g/mol. The van der Waals surface area contributed by atoms with E-state index in [1.54, 1.807) is 25.3 Å². The van der Waals surface area contributed by atoms with E-state index in [0.717, 1.165) is 21.5 Å². The van der Waals surface area contributed by atoms with Gasteiger partial charge in [0.1, 0.15) is 16.5 Å². The standard InChI is InChI=1S/C17H13N3O2S/c1-22-12-3-5-15(21)13(9-12)17-20-19-16(23-17)11-2-4-14-10(8-11)6-7-18-14/h2-9,18,21H,1H3. The normalized spacial score (nSPS) is 11.0. The van der Waals surface area contributed by atoms with Crippen LogP contribution in [0.4, 0.5) is 0 Å². The van der Waals surface area contributed by atoms with Crippen LogP contribution in [0.2, 0.25) is 0 Å². The summed E-state index contributed by atoms with van der Waals surface area (Å²) >= 11 is 1.44. The van der Waals surface area contributed by atoms with E-state index < -0.39 is 0 Å². The van der Waals surface area contributed by atoms with Gasteiger partial charge in [-0.2, -0.15) is 0 Å². The minimum Gasteiger partial charge on any atom is -0.507 e. The van der Waals surface area contributed by atoms with Gasteiger partial charge in [-0.05, 0) is 42.5 Å². The van der Waals surface area contributed by atoms with Crippen molar-refractivity contribution >= 4 is 22.2 Å². The number of aromatic amines is 1. The number of aromatic hydroxyl groups is 1. The molecule has 0 aliphatic rings. The van der Waals surface area contributed by atoms with Crippen molar-refractivity contribution in [3.63, 3.8) is 0 Å². The lowest BCUT2D eigenvalue weighted by Crippen LogP contribution is -1.84. The minimum atomic E-state index is 0.162. The Hall–Kier alpha value is -2.86. The number of methoxy groups -OCH3 is 1. The Labute approximate surface area is 136 Å². The number of phenolic OH excluding ortho intramolecular Hbond substituents is 1. The molecular formula is C17H13N3O2S. The van der Waals surface area contributed by atoms with Crippen molar-refractivity contribution in [3.8, 4) is 32.6 Å². The van der Waals surface area contributed by atoms with Gasteiger partial charge < -0.3 is 14.8 Å². The number of rotatable bonds is 3. The van der Waals surface area contributed by atoms with Gasteiger partial charge in [-0.15, -0.1) is 10.2 Å². The van der Waals surface area contributed by atoms with Crippen LogP contribution in [0, 0.1) is 0 Å². The predicted octanol–water partition coefficient (Wildman–Crippen LogP) is 4.07. The Morgan fingerprint density at radius 2 is 1.91 bits per heavy atom. The van der Waals surface area contributed by atoms with Gasteiger partial charge in [-0.3, -0.25) is 0 Å². The third-order valence-corrected chi connectivity index (χ3v) is 4.66. The Bertz CT molecular complexity index is 990. The lowest BCUT2D eigenvalue weighted by Gasteiger charge is -2.03. The Balaban J connectivity index is 1.76. The van der Waals surface area contributed by atoms with Gasteiger partial charge in [0, 0.05) is 22.7 Å². The molecule has 0 unspecified atom stereocenters. The monoisotopic (exact) mass is 323 g/mol. The Morgan fingerprint density at radius 1 is 1.04 bits per heavy atom. The fraction of sp³-hybridized carbons (Fsp3) is 0.0588. The molecule has 0 atom stereocenters. The van der Waals surface area contributed by atoms with Gasteiger partial charge in [0.15, 0.2) is 5.01 Å². The molecule has 2 aromatic heterocycles. The van der Waals surface area contributed by atoms with E-state index in [1.165, 1.54) is 11.3 Å². The van der Waals surface area contributed by atoms with E-state index in [1.807, 2.05) is 24.4 Å². The summed E-state index contributed by atoms with van der Waals surface area (Å²) in [6, 6.07) is 13.2. The molecule has 2 heterocycles. The molecule has 0 spiro atoms. The van der Waals surface area contributed by atoms with Crippen LogP contribution in [0.1, 0.15) is 0 Å². The zero-order chi connectivity index (χ0) is 15.8. The summed E-state index contributed by atoms with van der Waals surface area (Å²) in [5.41, 5.74) is 2.71. The molecule has 4 aromatic rings. The first-order chi connectivity index (χ1) is 11.2. The van der Waals surface area contributed by atoms with Crippen molar-refractivity contribution in [1.82, 2.24) is 15.2 Å². The summed E-state index contributed by atoms with van der Waals surface area (Å²) in [5.74, 6) is 0.831. The molecule has 4 rings (SSSR count). The van der Waals surface area contributed by atoms with Gasteiger partial charge in [0.25, 0.3) is 0 Å². The molecule has 114 valence electrons. The van der Waals surface area contributed by atoms with E-state index in [0.29, 0.717) is 16.3 Å². The summed E-state index contributed by atoms with van der Waals surface area (Å²) in [4.78, 5) is 3.17. The number of nitrogens with one attached hydrogen (secondary N) is 1. The van der Waals surface area contributed by atoms with Crippen LogP contribution >= 0.6 is 11.3 Å². The van der Waals surface area contributed by atoms with E-state index in [2.05, 4.69) is 21.2 Å². The largest absolute Gasteiger partial charge is 0.507 e. The second kappa shape index (κ2) is 5.40. The van der Waals surface area contributed by atoms with Crippen LogP contribution in [0.15, 0.2) is 48.7 Å². The summed E-state index contributed by atoms with van der Waals surface area (Å²) in [7, 11) is 1.59. The third kappa shape index (κ3) is 2.43. The molecule has 0 fully saturated rings. The molecule has 0 radical (unpaired) electrons. The minimum absolute atomic E-state index is 0.162. The van der Waals surface area contributed by atoms with Crippen LogP contribution in [-0.4, -0.2) is 27.4 Å². The van der Waals surface area contributed by atoms with Crippen molar-refractivity contribution < 1.29 is 9.84 Å². The van der Waals surface area contributed by atoms with E-state index in [9.17, 15) is 5.11 Å². The number of aromatic nitrogens is 3. The number of ether oxygens (including phenoxy) is 1. The molecule has 5 nitrogen and oxygen atoms in total. The highest BCUT2D eigenvalue weighted by Crippen LogP contribution is 2.37. The topological polar surface area (TPSA) is 71.0 Å². The lowest BCUT2D eigenvalue weighted by atomic mass is 10.2. The SMILES string of the molecule is COc1ccc(O)c(-c2nnc(-c3ccc4[nH]ccc4c3)s2)c1. The summed E-state index contributed by atoms with van der Waals surface area (Å²) in [6.45, 7) is 0. The fourth-order valence-corrected chi connectivity index (χ4v) is 3.31. The van der Waals surface area contributed by atoms with Crippen molar-refractivity contribution in [2.45, 2.75) is 0 Å². The maximum absolute atomic E-state index is 10.1. The number of benzene rings is 2. The van der Waals surface area contributed by atoms with Gasteiger partial charge in [-0.25, -0.2) is 0 Å². The second-order valence-electron chi connectivity index (χ2n) is 5.08. The summed E-state index contributed by atoms with van der Waals surface area (Å²) in [5, 5.41) is 21.1. The molecule has 2 N–H and O–H groups in total. The molecule has 23 heavy (non-hydrogen) atoms. The van der Waals surface area contributed by atoms with E-state index in [-0.39, 0.29) is 5.75 Å². The first kappa shape index (κ1) is 13.8.